The van der Waals surface area contributed by atoms with E-state index in [4.69, 9.17) is 14.9 Å². The van der Waals surface area contributed by atoms with Crippen LogP contribution >= 0.6 is 0 Å². The van der Waals surface area contributed by atoms with Crippen molar-refractivity contribution in [1.82, 2.24) is 0 Å². The molecule has 0 saturated carbocycles. The van der Waals surface area contributed by atoms with Crippen LogP contribution in [-0.4, -0.2) is 41.7 Å². The molecule has 1 atom stereocenters. The normalized spacial score (nSPS) is 12.2. The fraction of sp³-hybridized carbons (Fsp3) is 0.400. The van der Waals surface area contributed by atoms with E-state index in [9.17, 15) is 5.11 Å². The molecule has 0 amide bonds. The van der Waals surface area contributed by atoms with Gasteiger partial charge in [-0.15, -0.1) is 0 Å². The largest absolute Gasteiger partial charge is 0.503 e. The fourth-order valence-electron chi connectivity index (χ4n) is 1.12. The quantitative estimate of drug-likeness (QED) is 0.524. The smallest absolute Gasteiger partial charge is 0.181 e. The Kier molecular flexibility index (Phi) is 4.20. The molecule has 1 rings (SSSR count). The first-order valence-corrected chi connectivity index (χ1v) is 4.57. The van der Waals surface area contributed by atoms with E-state index in [-0.39, 0.29) is 18.9 Å². The molecule has 5 nitrogen and oxygen atoms in total. The molecule has 0 spiro atoms. The third kappa shape index (κ3) is 3.00. The summed E-state index contributed by atoms with van der Waals surface area (Å²) >= 11 is 0. The van der Waals surface area contributed by atoms with E-state index in [1.54, 1.807) is 18.2 Å². The van der Waals surface area contributed by atoms with Crippen molar-refractivity contribution in [2.45, 2.75) is 6.10 Å². The number of aliphatic hydroxyl groups excluding tert-OH is 2. The number of phenolic OH excluding ortho intramolecular Hbond substituents is 1. The van der Waals surface area contributed by atoms with Gasteiger partial charge in [-0.25, -0.2) is 0 Å². The highest BCUT2D eigenvalue weighted by Gasteiger charge is 2.08. The zero-order valence-electron chi connectivity index (χ0n) is 8.47. The van der Waals surface area contributed by atoms with Gasteiger partial charge >= 0.3 is 0 Å². The van der Waals surface area contributed by atoms with Gasteiger partial charge in [0, 0.05) is 6.54 Å². The monoisotopic (exact) mass is 213 g/mol. The lowest BCUT2D eigenvalue weighted by molar-refractivity contribution is 0.105. The van der Waals surface area contributed by atoms with Crippen LogP contribution in [0.25, 0.3) is 0 Å². The number of phenols is 1. The minimum absolute atomic E-state index is 0.00913. The van der Waals surface area contributed by atoms with E-state index in [0.717, 1.165) is 0 Å². The fourth-order valence-corrected chi connectivity index (χ4v) is 1.12. The number of methoxy groups -OCH3 is 1. The first-order valence-electron chi connectivity index (χ1n) is 4.57. The van der Waals surface area contributed by atoms with Gasteiger partial charge in [-0.3, -0.25) is 0 Å². The summed E-state index contributed by atoms with van der Waals surface area (Å²) in [6.45, 7) is -0.158. The Morgan fingerprint density at radius 2 is 2.20 bits per heavy atom. The lowest BCUT2D eigenvalue weighted by atomic mass is 10.2. The molecule has 0 fully saturated rings. The topological polar surface area (TPSA) is 82.0 Å². The zero-order valence-corrected chi connectivity index (χ0v) is 8.47. The van der Waals surface area contributed by atoms with Gasteiger partial charge in [0.1, 0.15) is 0 Å². The SMILES string of the molecule is COc1cccc(NCC(O)CO)c1O. The maximum absolute atomic E-state index is 9.64. The Morgan fingerprint density at radius 3 is 2.80 bits per heavy atom. The average molecular weight is 213 g/mol. The van der Waals surface area contributed by atoms with Crippen molar-refractivity contribution >= 4 is 5.69 Å². The molecular formula is C10H15NO4. The zero-order chi connectivity index (χ0) is 11.3. The highest BCUT2D eigenvalue weighted by atomic mass is 16.5. The van der Waals surface area contributed by atoms with Gasteiger partial charge in [0.25, 0.3) is 0 Å². The minimum atomic E-state index is -0.851. The molecule has 84 valence electrons. The second-order valence-electron chi connectivity index (χ2n) is 3.07. The summed E-state index contributed by atoms with van der Waals surface area (Å²) in [5.41, 5.74) is 0.460. The third-order valence-electron chi connectivity index (χ3n) is 1.96. The first kappa shape index (κ1) is 11.6. The predicted octanol–water partition coefficient (Wildman–Crippen LogP) is 0.166. The van der Waals surface area contributed by atoms with Crippen LogP contribution in [0.4, 0.5) is 5.69 Å². The van der Waals surface area contributed by atoms with Crippen molar-refractivity contribution < 1.29 is 20.1 Å². The first-order chi connectivity index (χ1) is 7.19. The lowest BCUT2D eigenvalue weighted by Gasteiger charge is -2.13. The number of ether oxygens (including phenoxy) is 1. The molecule has 4 N–H and O–H groups in total. The Labute approximate surface area is 87.9 Å². The summed E-state index contributed by atoms with van der Waals surface area (Å²) in [7, 11) is 1.46. The Balaban J connectivity index is 2.68. The number of para-hydroxylation sites is 1. The molecule has 0 aromatic heterocycles. The van der Waals surface area contributed by atoms with Crippen LogP contribution in [0.1, 0.15) is 0 Å². The van der Waals surface area contributed by atoms with Crippen LogP contribution in [0.5, 0.6) is 11.5 Å². The second kappa shape index (κ2) is 5.43. The number of rotatable bonds is 5. The van der Waals surface area contributed by atoms with Crippen LogP contribution in [0, 0.1) is 0 Å². The second-order valence-corrected chi connectivity index (χ2v) is 3.07. The summed E-state index contributed by atoms with van der Waals surface area (Å²) in [5, 5.41) is 30.2. The summed E-state index contributed by atoms with van der Waals surface area (Å²) < 4.78 is 4.92. The summed E-state index contributed by atoms with van der Waals surface area (Å²) in [6.07, 6.45) is -0.851. The van der Waals surface area contributed by atoms with Crippen LogP contribution < -0.4 is 10.1 Å². The Morgan fingerprint density at radius 1 is 1.47 bits per heavy atom. The number of anilines is 1. The molecule has 0 heterocycles. The number of nitrogens with one attached hydrogen (secondary N) is 1. The van der Waals surface area contributed by atoms with E-state index in [1.165, 1.54) is 7.11 Å². The molecule has 1 aromatic carbocycles. The molecule has 0 bridgehead atoms. The molecule has 15 heavy (non-hydrogen) atoms. The van der Waals surface area contributed by atoms with Crippen LogP contribution in [0.2, 0.25) is 0 Å². The standard InChI is InChI=1S/C10H15NO4/c1-15-9-4-2-3-8(10(9)14)11-5-7(13)6-12/h2-4,7,11-14H,5-6H2,1H3. The van der Waals surface area contributed by atoms with Crippen LogP contribution in [0.15, 0.2) is 18.2 Å². The van der Waals surface area contributed by atoms with E-state index >= 15 is 0 Å². The van der Waals surface area contributed by atoms with E-state index in [2.05, 4.69) is 5.32 Å². The molecule has 0 radical (unpaired) electrons. The highest BCUT2D eigenvalue weighted by Crippen LogP contribution is 2.33. The van der Waals surface area contributed by atoms with Gasteiger partial charge in [-0.1, -0.05) is 6.07 Å². The van der Waals surface area contributed by atoms with Crippen LogP contribution in [0.3, 0.4) is 0 Å². The van der Waals surface area contributed by atoms with Gasteiger partial charge in [0.15, 0.2) is 11.5 Å². The number of aromatic hydroxyl groups is 1. The van der Waals surface area contributed by atoms with E-state index < -0.39 is 6.10 Å². The summed E-state index contributed by atoms with van der Waals surface area (Å²) in [4.78, 5) is 0. The van der Waals surface area contributed by atoms with Crippen molar-refractivity contribution in [2.24, 2.45) is 0 Å². The van der Waals surface area contributed by atoms with E-state index in [1.807, 2.05) is 0 Å². The minimum Gasteiger partial charge on any atom is -0.503 e. The predicted molar refractivity (Wildman–Crippen MR) is 56.2 cm³/mol. The molecule has 0 saturated heterocycles. The van der Waals surface area contributed by atoms with E-state index in [0.29, 0.717) is 11.4 Å². The van der Waals surface area contributed by atoms with Crippen molar-refractivity contribution in [3.05, 3.63) is 18.2 Å². The van der Waals surface area contributed by atoms with Crippen molar-refractivity contribution in [3.8, 4) is 11.5 Å². The maximum atomic E-state index is 9.64. The number of aliphatic hydroxyl groups is 2. The molecule has 0 aliphatic carbocycles. The van der Waals surface area contributed by atoms with Crippen molar-refractivity contribution in [2.75, 3.05) is 25.6 Å². The van der Waals surface area contributed by atoms with Gasteiger partial charge in [-0.05, 0) is 12.1 Å². The molecule has 0 aliphatic heterocycles. The molecular weight excluding hydrogens is 198 g/mol. The van der Waals surface area contributed by atoms with Gasteiger partial charge in [0.05, 0.1) is 25.5 Å². The van der Waals surface area contributed by atoms with Gasteiger partial charge < -0.3 is 25.4 Å². The molecule has 1 unspecified atom stereocenters. The van der Waals surface area contributed by atoms with Crippen LogP contribution in [-0.2, 0) is 0 Å². The molecule has 5 heteroatoms. The number of hydrogen-bond acceptors (Lipinski definition) is 5. The Hall–Kier alpha value is -1.46. The summed E-state index contributed by atoms with van der Waals surface area (Å²) in [5.74, 6) is 0.351. The highest BCUT2D eigenvalue weighted by molar-refractivity contribution is 5.62. The van der Waals surface area contributed by atoms with Crippen molar-refractivity contribution in [3.63, 3.8) is 0 Å². The van der Waals surface area contributed by atoms with Gasteiger partial charge in [0.2, 0.25) is 0 Å². The number of benzene rings is 1. The summed E-state index contributed by atoms with van der Waals surface area (Å²) in [6, 6.07) is 5.00. The van der Waals surface area contributed by atoms with Gasteiger partial charge in [-0.2, -0.15) is 0 Å². The lowest BCUT2D eigenvalue weighted by Crippen LogP contribution is -2.22. The molecule has 1 aromatic rings. The Bertz CT molecular complexity index is 316. The third-order valence-corrected chi connectivity index (χ3v) is 1.96. The van der Waals surface area contributed by atoms with Crippen molar-refractivity contribution in [1.29, 1.82) is 0 Å². The number of hydrogen-bond donors (Lipinski definition) is 4. The average Bonchev–Trinajstić information content (AvgIpc) is 2.27. The maximum Gasteiger partial charge on any atom is 0.181 e. The molecule has 0 aliphatic rings.